The number of hydrogen-bond donors (Lipinski definition) is 0. The molecule has 3 aliphatic carbocycles. The first-order chi connectivity index (χ1) is 22.8. The second-order valence-corrected chi connectivity index (χ2v) is 18.1. The highest BCUT2D eigenvalue weighted by Gasteiger charge is 2.77. The topological polar surface area (TPSA) is 78.9 Å². The predicted octanol–water partition coefficient (Wildman–Crippen LogP) is 8.41. The van der Waals surface area contributed by atoms with Gasteiger partial charge < -0.3 is 14.2 Å². The van der Waals surface area contributed by atoms with Crippen molar-refractivity contribution in [3.05, 3.63) is 82.5 Å². The van der Waals surface area contributed by atoms with Gasteiger partial charge in [-0.15, -0.1) is 0 Å². The second-order valence-electron chi connectivity index (χ2n) is 18.1. The van der Waals surface area contributed by atoms with Crippen molar-refractivity contribution < 1.29 is 28.6 Å². The first kappa shape index (κ1) is 34.0. The van der Waals surface area contributed by atoms with Crippen LogP contribution in [0.5, 0.6) is 0 Å². The Morgan fingerprint density at radius 1 is 0.898 bits per heavy atom. The summed E-state index contributed by atoms with van der Waals surface area (Å²) in [6.07, 6.45) is 2.83. The molecule has 260 valence electrons. The fourth-order valence-corrected chi connectivity index (χ4v) is 10.5. The van der Waals surface area contributed by atoms with Crippen LogP contribution in [-0.4, -0.2) is 43.1 Å². The zero-order valence-corrected chi connectivity index (χ0v) is 31.0. The van der Waals surface area contributed by atoms with Gasteiger partial charge in [0, 0.05) is 22.7 Å². The third-order valence-corrected chi connectivity index (χ3v) is 13.3. The average molecular weight is 665 g/mol. The lowest BCUT2D eigenvalue weighted by Crippen LogP contribution is -2.66. The minimum Gasteiger partial charge on any atom is -0.469 e. The molecule has 0 spiro atoms. The quantitative estimate of drug-likeness (QED) is 0.241. The van der Waals surface area contributed by atoms with Gasteiger partial charge in [-0.1, -0.05) is 110 Å². The summed E-state index contributed by atoms with van der Waals surface area (Å²) in [5.41, 5.74) is 6.03. The molecule has 7 rings (SSSR count). The van der Waals surface area contributed by atoms with Gasteiger partial charge in [-0.05, 0) is 76.5 Å². The molecule has 9 atom stereocenters. The van der Waals surface area contributed by atoms with Crippen molar-refractivity contribution in [2.45, 2.75) is 117 Å². The highest BCUT2D eigenvalue weighted by atomic mass is 16.6. The monoisotopic (exact) mass is 664 g/mol. The van der Waals surface area contributed by atoms with Crippen LogP contribution in [0.4, 0.5) is 0 Å². The molecule has 0 aromatic heterocycles. The van der Waals surface area contributed by atoms with E-state index in [0.717, 1.165) is 12.0 Å². The number of benzene rings is 2. The fraction of sp³-hybridized carbons (Fsp3) is 0.558. The van der Waals surface area contributed by atoms with Crippen molar-refractivity contribution in [2.24, 2.45) is 28.1 Å². The Hall–Kier alpha value is -3.51. The van der Waals surface area contributed by atoms with Crippen LogP contribution in [0.3, 0.4) is 0 Å². The van der Waals surface area contributed by atoms with E-state index < -0.39 is 40.3 Å². The van der Waals surface area contributed by atoms with E-state index in [2.05, 4.69) is 97.9 Å². The lowest BCUT2D eigenvalue weighted by atomic mass is 9.42. The molecule has 0 bridgehead atoms. The van der Waals surface area contributed by atoms with Crippen molar-refractivity contribution in [3.8, 4) is 11.1 Å². The van der Waals surface area contributed by atoms with Gasteiger partial charge >= 0.3 is 11.9 Å². The molecule has 0 N–H and O–H groups in total. The highest BCUT2D eigenvalue weighted by molar-refractivity contribution is 6.00. The van der Waals surface area contributed by atoms with Gasteiger partial charge in [0.25, 0.3) is 0 Å². The normalized spacial score (nSPS) is 36.4. The van der Waals surface area contributed by atoms with Crippen LogP contribution in [0.25, 0.3) is 11.1 Å². The number of rotatable bonds is 4. The number of carbonyl (C=O) groups is 3. The summed E-state index contributed by atoms with van der Waals surface area (Å²) in [4.78, 5) is 40.6. The van der Waals surface area contributed by atoms with Gasteiger partial charge in [0.05, 0.1) is 25.0 Å². The zero-order chi connectivity index (χ0) is 35.6. The number of methoxy groups -OCH3 is 1. The minimum absolute atomic E-state index is 0.0325. The Bertz CT molecular complexity index is 1780. The Morgan fingerprint density at radius 2 is 1.51 bits per heavy atom. The van der Waals surface area contributed by atoms with Gasteiger partial charge in [-0.2, -0.15) is 0 Å². The van der Waals surface area contributed by atoms with E-state index in [1.165, 1.54) is 40.5 Å². The van der Waals surface area contributed by atoms with Crippen LogP contribution in [0.15, 0.2) is 65.8 Å². The summed E-state index contributed by atoms with van der Waals surface area (Å²) in [6, 6.07) is 16.0. The summed E-state index contributed by atoms with van der Waals surface area (Å²) >= 11 is 0. The van der Waals surface area contributed by atoms with Crippen LogP contribution < -0.4 is 0 Å². The van der Waals surface area contributed by atoms with Crippen LogP contribution in [0, 0.1) is 28.1 Å². The fourth-order valence-electron chi connectivity index (χ4n) is 10.5. The number of esters is 2. The average Bonchev–Trinajstić information content (AvgIpc) is 3.63. The second kappa shape index (κ2) is 10.7. The molecule has 6 nitrogen and oxygen atoms in total. The summed E-state index contributed by atoms with van der Waals surface area (Å²) in [5, 5.41) is 0. The van der Waals surface area contributed by atoms with E-state index >= 15 is 0 Å². The van der Waals surface area contributed by atoms with Crippen LogP contribution >= 0.6 is 0 Å². The Morgan fingerprint density at radius 3 is 2.08 bits per heavy atom. The predicted molar refractivity (Wildman–Crippen MR) is 190 cm³/mol. The summed E-state index contributed by atoms with van der Waals surface area (Å²) in [5.74, 6) is -1.50. The number of hydrogen-bond acceptors (Lipinski definition) is 6. The van der Waals surface area contributed by atoms with Gasteiger partial charge in [-0.3, -0.25) is 14.4 Å². The lowest BCUT2D eigenvalue weighted by Gasteiger charge is -2.59. The van der Waals surface area contributed by atoms with Gasteiger partial charge in [0.2, 0.25) is 0 Å². The molecule has 0 unspecified atom stereocenters. The minimum atomic E-state index is -1.02. The van der Waals surface area contributed by atoms with E-state index in [1.807, 2.05) is 13.8 Å². The molecule has 2 aromatic carbocycles. The van der Waals surface area contributed by atoms with E-state index in [9.17, 15) is 14.4 Å². The molecule has 5 aliphatic rings. The third-order valence-electron chi connectivity index (χ3n) is 13.3. The van der Waals surface area contributed by atoms with Gasteiger partial charge in [0.1, 0.15) is 12.2 Å². The van der Waals surface area contributed by atoms with E-state index in [-0.39, 0.29) is 47.0 Å². The van der Waals surface area contributed by atoms with Gasteiger partial charge in [0.15, 0.2) is 5.78 Å². The van der Waals surface area contributed by atoms with Crippen molar-refractivity contribution in [1.82, 2.24) is 0 Å². The first-order valence-corrected chi connectivity index (χ1v) is 17.9. The summed E-state index contributed by atoms with van der Waals surface area (Å²) in [7, 11) is 1.39. The maximum atomic E-state index is 14.0. The molecule has 0 amide bonds. The summed E-state index contributed by atoms with van der Waals surface area (Å²) in [6.45, 7) is 21.7. The molecule has 1 saturated carbocycles. The SMILES string of the molecule is COC(=O)C[C@H]1[C@]2(C)C3=C(C)[C@H](c4ccc(-c5cc(C(C)(C)C)cc(C(C)(C)C)c5)cc4)C[C@H]3O[C@@H]2[C@@H]2OC(=O)[C@]3(C)C=CC(=O)[C@@]1(C)[C@@H]23. The Labute approximate surface area is 291 Å². The van der Waals surface area contributed by atoms with E-state index in [4.69, 9.17) is 14.2 Å². The largest absolute Gasteiger partial charge is 0.469 e. The standard InChI is InChI=1S/C43H52O6/c1-23-29(25-14-12-24(13-15-25)26-18-27(39(2,3)4)20-28(19-26)40(5,6)7)21-30-34(23)43(10)31(22-33(45)47-11)42(9)32(44)16-17-41(8)36(42)35(37(43)48-30)49-38(41)46/h12-20,29-31,35-37H,21-22H2,1-11H3/t29-,30-,31-,35-,36+,37-,41-,42+,43-/m1/s1. The maximum absolute atomic E-state index is 14.0. The van der Waals surface area contributed by atoms with Crippen LogP contribution in [0.2, 0.25) is 0 Å². The molecule has 49 heavy (non-hydrogen) atoms. The molecular formula is C43H52O6. The number of fused-ring (bicyclic) bond motifs is 4. The molecule has 2 saturated heterocycles. The Balaban J connectivity index is 1.29. The van der Waals surface area contributed by atoms with E-state index in [1.54, 1.807) is 12.2 Å². The maximum Gasteiger partial charge on any atom is 0.316 e. The molecule has 3 fully saturated rings. The Kier molecular flexibility index (Phi) is 7.45. The number of allylic oxidation sites excluding steroid dienone is 2. The molecule has 2 aliphatic heterocycles. The van der Waals surface area contributed by atoms with Crippen molar-refractivity contribution >= 4 is 17.7 Å². The lowest BCUT2D eigenvalue weighted by molar-refractivity contribution is -0.190. The molecule has 6 heteroatoms. The highest BCUT2D eigenvalue weighted by Crippen LogP contribution is 2.72. The zero-order valence-electron chi connectivity index (χ0n) is 31.0. The number of ketones is 1. The van der Waals surface area contributed by atoms with Crippen molar-refractivity contribution in [2.75, 3.05) is 7.11 Å². The van der Waals surface area contributed by atoms with Crippen LogP contribution in [-0.2, 0) is 39.4 Å². The number of carbonyl (C=O) groups excluding carboxylic acids is 3. The van der Waals surface area contributed by atoms with Crippen molar-refractivity contribution in [1.29, 1.82) is 0 Å². The van der Waals surface area contributed by atoms with Crippen LogP contribution in [0.1, 0.15) is 105 Å². The van der Waals surface area contributed by atoms with E-state index in [0.29, 0.717) is 0 Å². The molecule has 2 heterocycles. The molecule has 0 radical (unpaired) electrons. The first-order valence-electron chi connectivity index (χ1n) is 17.9. The van der Waals surface area contributed by atoms with Gasteiger partial charge in [-0.25, -0.2) is 0 Å². The number of ether oxygens (including phenoxy) is 3. The smallest absolute Gasteiger partial charge is 0.316 e. The van der Waals surface area contributed by atoms with Crippen molar-refractivity contribution in [3.63, 3.8) is 0 Å². The molecular weight excluding hydrogens is 612 g/mol. The third kappa shape index (κ3) is 4.72. The summed E-state index contributed by atoms with van der Waals surface area (Å²) < 4.78 is 18.4. The molecule has 2 aromatic rings.